The van der Waals surface area contributed by atoms with Crippen LogP contribution in [0.4, 0.5) is 11.5 Å². The number of nitrogens with zero attached hydrogens (tertiary/aromatic N) is 3. The standard InChI is InChI=1S/C21H25N3O2/c1-16-5-3-7-19(15-16)8-4-6-18-11-13-23(14-12-18)21-20(24(25)26)10-9-17(2)22-21/h3-5,7-10,15,18H,6,11-14H2,1-2H3/b8-4+. The van der Waals surface area contributed by atoms with Gasteiger partial charge in [-0.2, -0.15) is 0 Å². The summed E-state index contributed by atoms with van der Waals surface area (Å²) in [6.07, 6.45) is 7.55. The smallest absolute Gasteiger partial charge is 0.311 e. The summed E-state index contributed by atoms with van der Waals surface area (Å²) in [4.78, 5) is 17.4. The zero-order valence-corrected chi connectivity index (χ0v) is 15.4. The van der Waals surface area contributed by atoms with E-state index in [9.17, 15) is 10.1 Å². The van der Waals surface area contributed by atoms with Gasteiger partial charge in [0.1, 0.15) is 0 Å². The average molecular weight is 351 g/mol. The highest BCUT2D eigenvalue weighted by Gasteiger charge is 2.25. The Morgan fingerprint density at radius 2 is 2.00 bits per heavy atom. The third-order valence-electron chi connectivity index (χ3n) is 4.93. The van der Waals surface area contributed by atoms with E-state index in [1.165, 1.54) is 11.1 Å². The first-order chi connectivity index (χ1) is 12.5. The van der Waals surface area contributed by atoms with E-state index < -0.39 is 0 Å². The first kappa shape index (κ1) is 18.1. The molecule has 2 aromatic rings. The molecule has 1 saturated heterocycles. The Morgan fingerprint density at radius 1 is 1.23 bits per heavy atom. The highest BCUT2D eigenvalue weighted by molar-refractivity contribution is 5.58. The van der Waals surface area contributed by atoms with Gasteiger partial charge < -0.3 is 4.90 Å². The molecule has 1 fully saturated rings. The Kier molecular flexibility index (Phi) is 5.66. The number of aromatic nitrogens is 1. The molecule has 0 amide bonds. The average Bonchev–Trinajstić information content (AvgIpc) is 2.62. The minimum absolute atomic E-state index is 0.105. The molecule has 2 heterocycles. The van der Waals surface area contributed by atoms with E-state index in [0.717, 1.165) is 38.0 Å². The number of anilines is 1. The number of piperidine rings is 1. The summed E-state index contributed by atoms with van der Waals surface area (Å²) in [5.74, 6) is 1.14. The van der Waals surface area contributed by atoms with Crippen molar-refractivity contribution < 1.29 is 4.92 Å². The molecule has 5 heteroatoms. The highest BCUT2D eigenvalue weighted by Crippen LogP contribution is 2.31. The number of hydrogen-bond acceptors (Lipinski definition) is 4. The van der Waals surface area contributed by atoms with Gasteiger partial charge in [0.15, 0.2) is 0 Å². The Labute approximate surface area is 154 Å². The third-order valence-corrected chi connectivity index (χ3v) is 4.93. The SMILES string of the molecule is Cc1cccc(/C=C/CC2CCN(c3nc(C)ccc3[N+](=O)[O-])CC2)c1. The molecule has 0 spiro atoms. The molecule has 3 rings (SSSR count). The molecule has 1 aliphatic rings. The minimum Gasteiger partial charge on any atom is -0.351 e. The van der Waals surface area contributed by atoms with Gasteiger partial charge in [-0.1, -0.05) is 42.0 Å². The summed E-state index contributed by atoms with van der Waals surface area (Å²) >= 11 is 0. The lowest BCUT2D eigenvalue weighted by molar-refractivity contribution is -0.384. The van der Waals surface area contributed by atoms with Crippen molar-refractivity contribution in [2.75, 3.05) is 18.0 Å². The highest BCUT2D eigenvalue weighted by atomic mass is 16.6. The lowest BCUT2D eigenvalue weighted by Crippen LogP contribution is -2.34. The normalized spacial score (nSPS) is 15.5. The number of pyridine rings is 1. The molecule has 26 heavy (non-hydrogen) atoms. The van der Waals surface area contributed by atoms with Crippen LogP contribution in [0.3, 0.4) is 0 Å². The van der Waals surface area contributed by atoms with Crippen LogP contribution in [0.25, 0.3) is 6.08 Å². The predicted octanol–water partition coefficient (Wildman–Crippen LogP) is 4.93. The van der Waals surface area contributed by atoms with Gasteiger partial charge in [0.05, 0.1) is 4.92 Å². The molecule has 0 saturated carbocycles. The molecular formula is C21H25N3O2. The van der Waals surface area contributed by atoms with Crippen molar-refractivity contribution in [3.05, 3.63) is 69.4 Å². The zero-order valence-electron chi connectivity index (χ0n) is 15.4. The van der Waals surface area contributed by atoms with E-state index in [4.69, 9.17) is 0 Å². The molecule has 136 valence electrons. The molecule has 1 aliphatic heterocycles. The monoisotopic (exact) mass is 351 g/mol. The van der Waals surface area contributed by atoms with Crippen LogP contribution >= 0.6 is 0 Å². The van der Waals surface area contributed by atoms with Crippen molar-refractivity contribution in [3.63, 3.8) is 0 Å². The molecule has 5 nitrogen and oxygen atoms in total. The second kappa shape index (κ2) is 8.13. The molecular weight excluding hydrogens is 326 g/mol. The Bertz CT molecular complexity index is 809. The topological polar surface area (TPSA) is 59.3 Å². The summed E-state index contributed by atoms with van der Waals surface area (Å²) in [6, 6.07) is 11.7. The van der Waals surface area contributed by atoms with E-state index in [1.807, 2.05) is 6.92 Å². The van der Waals surface area contributed by atoms with Crippen LogP contribution < -0.4 is 4.90 Å². The summed E-state index contributed by atoms with van der Waals surface area (Å²) in [5.41, 5.74) is 3.43. The molecule has 1 aromatic heterocycles. The number of benzene rings is 1. The van der Waals surface area contributed by atoms with Crippen LogP contribution in [0, 0.1) is 29.9 Å². The van der Waals surface area contributed by atoms with Gasteiger partial charge in [-0.3, -0.25) is 10.1 Å². The Morgan fingerprint density at radius 3 is 2.69 bits per heavy atom. The fraction of sp³-hybridized carbons (Fsp3) is 0.381. The van der Waals surface area contributed by atoms with Gasteiger partial charge in [-0.15, -0.1) is 0 Å². The van der Waals surface area contributed by atoms with Crippen LogP contribution in [0.2, 0.25) is 0 Å². The maximum absolute atomic E-state index is 11.3. The zero-order chi connectivity index (χ0) is 18.5. The second-order valence-electron chi connectivity index (χ2n) is 7.04. The van der Waals surface area contributed by atoms with Crippen molar-refractivity contribution in [2.45, 2.75) is 33.1 Å². The van der Waals surface area contributed by atoms with E-state index in [-0.39, 0.29) is 10.6 Å². The van der Waals surface area contributed by atoms with Crippen molar-refractivity contribution in [1.29, 1.82) is 0 Å². The van der Waals surface area contributed by atoms with E-state index in [0.29, 0.717) is 11.7 Å². The van der Waals surface area contributed by atoms with Crippen LogP contribution in [-0.2, 0) is 0 Å². The number of aryl methyl sites for hydroxylation is 2. The first-order valence-electron chi connectivity index (χ1n) is 9.13. The van der Waals surface area contributed by atoms with Crippen LogP contribution in [0.1, 0.15) is 36.1 Å². The number of nitro groups is 1. The van der Waals surface area contributed by atoms with Crippen LogP contribution in [0.15, 0.2) is 42.5 Å². The maximum Gasteiger partial charge on any atom is 0.311 e. The summed E-state index contributed by atoms with van der Waals surface area (Å²) in [7, 11) is 0. The Balaban J connectivity index is 1.58. The summed E-state index contributed by atoms with van der Waals surface area (Å²) in [6.45, 7) is 5.61. The molecule has 0 aliphatic carbocycles. The van der Waals surface area contributed by atoms with Crippen molar-refractivity contribution in [1.82, 2.24) is 4.98 Å². The van der Waals surface area contributed by atoms with E-state index in [1.54, 1.807) is 12.1 Å². The van der Waals surface area contributed by atoms with Gasteiger partial charge in [0.25, 0.3) is 0 Å². The van der Waals surface area contributed by atoms with Crippen LogP contribution in [0.5, 0.6) is 0 Å². The molecule has 0 atom stereocenters. The fourth-order valence-electron chi connectivity index (χ4n) is 3.46. The largest absolute Gasteiger partial charge is 0.351 e. The fourth-order valence-corrected chi connectivity index (χ4v) is 3.46. The van der Waals surface area contributed by atoms with Gasteiger partial charge in [-0.05, 0) is 50.7 Å². The summed E-state index contributed by atoms with van der Waals surface area (Å²) < 4.78 is 0. The molecule has 0 N–H and O–H groups in total. The van der Waals surface area contributed by atoms with Crippen molar-refractivity contribution >= 4 is 17.6 Å². The van der Waals surface area contributed by atoms with Gasteiger partial charge in [-0.25, -0.2) is 4.98 Å². The second-order valence-corrected chi connectivity index (χ2v) is 7.04. The van der Waals surface area contributed by atoms with E-state index in [2.05, 4.69) is 53.2 Å². The van der Waals surface area contributed by atoms with Gasteiger partial charge >= 0.3 is 5.69 Å². The number of allylic oxidation sites excluding steroid dienone is 1. The van der Waals surface area contributed by atoms with Crippen molar-refractivity contribution in [3.8, 4) is 0 Å². The lowest BCUT2D eigenvalue weighted by atomic mass is 9.93. The van der Waals surface area contributed by atoms with Crippen molar-refractivity contribution in [2.24, 2.45) is 5.92 Å². The molecule has 0 radical (unpaired) electrons. The van der Waals surface area contributed by atoms with Gasteiger partial charge in [0.2, 0.25) is 5.82 Å². The van der Waals surface area contributed by atoms with Crippen LogP contribution in [-0.4, -0.2) is 23.0 Å². The third kappa shape index (κ3) is 4.48. The molecule has 0 bridgehead atoms. The maximum atomic E-state index is 11.3. The number of hydrogen-bond donors (Lipinski definition) is 0. The molecule has 0 unspecified atom stereocenters. The number of rotatable bonds is 5. The quantitative estimate of drug-likeness (QED) is 0.566. The Hall–Kier alpha value is -2.69. The minimum atomic E-state index is -0.335. The summed E-state index contributed by atoms with van der Waals surface area (Å²) in [5, 5.41) is 11.3. The molecule has 1 aromatic carbocycles. The predicted molar refractivity (Wildman–Crippen MR) is 105 cm³/mol. The first-order valence-corrected chi connectivity index (χ1v) is 9.13. The van der Waals surface area contributed by atoms with Gasteiger partial charge in [0, 0.05) is 24.8 Å². The lowest BCUT2D eigenvalue weighted by Gasteiger charge is -2.32. The van der Waals surface area contributed by atoms with E-state index >= 15 is 0 Å².